The molecule has 11 nitrogen and oxygen atoms in total. The highest BCUT2D eigenvalue weighted by molar-refractivity contribution is 6.06. The lowest BCUT2D eigenvalue weighted by Gasteiger charge is -2.45. The van der Waals surface area contributed by atoms with Crippen molar-refractivity contribution in [2.75, 3.05) is 50.2 Å². The van der Waals surface area contributed by atoms with Crippen molar-refractivity contribution in [3.05, 3.63) is 82.8 Å². The van der Waals surface area contributed by atoms with E-state index in [0.717, 1.165) is 35.0 Å². The number of piperazine rings is 1. The van der Waals surface area contributed by atoms with Crippen molar-refractivity contribution in [1.82, 2.24) is 20.2 Å². The molecule has 0 unspecified atom stereocenters. The molecule has 5 heterocycles. The fourth-order valence-corrected chi connectivity index (χ4v) is 6.56. The van der Waals surface area contributed by atoms with Gasteiger partial charge in [0.25, 0.3) is 0 Å². The maximum Gasteiger partial charge on any atom is 0.248 e. The Kier molecular flexibility index (Phi) is 6.67. The minimum atomic E-state index is -1.24. The number of fused-ring (bicyclic) bond motifs is 3. The molecule has 222 valence electrons. The van der Waals surface area contributed by atoms with E-state index in [4.69, 9.17) is 9.47 Å². The first kappa shape index (κ1) is 27.5. The zero-order valence-electron chi connectivity index (χ0n) is 23.0. The van der Waals surface area contributed by atoms with Crippen LogP contribution in [0.2, 0.25) is 0 Å². The average Bonchev–Trinajstić information content (AvgIpc) is 3.37. The molecule has 1 aliphatic carbocycles. The molecular weight excluding hydrogens is 562 g/mol. The number of benzene rings is 1. The van der Waals surface area contributed by atoms with Gasteiger partial charge >= 0.3 is 0 Å². The molecule has 13 heteroatoms. The van der Waals surface area contributed by atoms with Gasteiger partial charge in [-0.05, 0) is 41.8 Å². The number of aromatic nitrogens is 2. The molecule has 3 aliphatic heterocycles. The molecule has 2 spiro atoms. The van der Waals surface area contributed by atoms with E-state index >= 15 is 0 Å². The number of carbonyl (C=O) groups is 3. The van der Waals surface area contributed by atoms with Crippen LogP contribution in [0.3, 0.4) is 0 Å². The summed E-state index contributed by atoms with van der Waals surface area (Å²) in [5.41, 5.74) is 0.965. The van der Waals surface area contributed by atoms with Crippen LogP contribution in [-0.2, 0) is 42.1 Å². The molecular formula is C30H28F2N6O5. The summed E-state index contributed by atoms with van der Waals surface area (Å²) in [6.07, 6.45) is 3.95. The summed E-state index contributed by atoms with van der Waals surface area (Å²) in [6.45, 7) is 0.398. The van der Waals surface area contributed by atoms with E-state index in [2.05, 4.69) is 25.9 Å². The van der Waals surface area contributed by atoms with Crippen LogP contribution in [0.5, 0.6) is 0 Å². The zero-order valence-corrected chi connectivity index (χ0v) is 23.0. The number of carbonyl (C=O) groups excluding carboxylic acids is 3. The predicted octanol–water partition coefficient (Wildman–Crippen LogP) is 1.64. The van der Waals surface area contributed by atoms with E-state index in [1.165, 1.54) is 11.1 Å². The third kappa shape index (κ3) is 4.73. The summed E-state index contributed by atoms with van der Waals surface area (Å²) in [7, 11) is 0. The molecule has 3 N–H and O–H groups in total. The Bertz CT molecular complexity index is 1620. The predicted molar refractivity (Wildman–Crippen MR) is 148 cm³/mol. The quantitative estimate of drug-likeness (QED) is 0.418. The zero-order chi connectivity index (χ0) is 29.8. The molecule has 1 aromatic carbocycles. The number of nitrogens with zero attached hydrogens (tertiary/aromatic N) is 3. The third-order valence-electron chi connectivity index (χ3n) is 8.63. The van der Waals surface area contributed by atoms with Crippen LogP contribution in [0, 0.1) is 11.6 Å². The van der Waals surface area contributed by atoms with E-state index < -0.39 is 47.0 Å². The van der Waals surface area contributed by atoms with Gasteiger partial charge < -0.3 is 25.0 Å². The molecule has 4 aliphatic rings. The number of hydrogen-bond donors (Lipinski definition) is 3. The van der Waals surface area contributed by atoms with Crippen molar-refractivity contribution in [2.24, 2.45) is 0 Å². The molecule has 2 atom stereocenters. The summed E-state index contributed by atoms with van der Waals surface area (Å²) in [5, 5.41) is 8.83. The first-order valence-corrected chi connectivity index (χ1v) is 14.0. The number of hydrogen-bond acceptors (Lipinski definition) is 8. The van der Waals surface area contributed by atoms with Crippen LogP contribution in [0.25, 0.3) is 0 Å². The third-order valence-corrected chi connectivity index (χ3v) is 8.63. The number of pyridine rings is 2. The Morgan fingerprint density at radius 2 is 1.84 bits per heavy atom. The highest BCUT2D eigenvalue weighted by Gasteiger charge is 2.52. The lowest BCUT2D eigenvalue weighted by atomic mass is 9.80. The largest absolute Gasteiger partial charge is 0.376 e. The lowest BCUT2D eigenvalue weighted by Crippen LogP contribution is -2.69. The van der Waals surface area contributed by atoms with Crippen molar-refractivity contribution >= 4 is 29.2 Å². The number of anilines is 2. The van der Waals surface area contributed by atoms with Gasteiger partial charge in [-0.1, -0.05) is 6.07 Å². The van der Waals surface area contributed by atoms with Crippen LogP contribution < -0.4 is 16.0 Å². The van der Waals surface area contributed by atoms with Gasteiger partial charge in [0.1, 0.15) is 29.5 Å². The first-order chi connectivity index (χ1) is 20.8. The Labute approximate surface area is 245 Å². The average molecular weight is 591 g/mol. The van der Waals surface area contributed by atoms with Crippen LogP contribution in [-0.4, -0.2) is 77.6 Å². The van der Waals surface area contributed by atoms with Crippen LogP contribution in [0.1, 0.15) is 28.4 Å². The van der Waals surface area contributed by atoms with Crippen LogP contribution >= 0.6 is 0 Å². The Morgan fingerprint density at radius 1 is 1.07 bits per heavy atom. The summed E-state index contributed by atoms with van der Waals surface area (Å²) < 4.78 is 39.5. The van der Waals surface area contributed by atoms with Crippen LogP contribution in [0.4, 0.5) is 20.3 Å². The fraction of sp³-hybridized carbons (Fsp3) is 0.367. The molecule has 2 fully saturated rings. The summed E-state index contributed by atoms with van der Waals surface area (Å²) in [5.74, 6) is -2.16. The van der Waals surface area contributed by atoms with Crippen molar-refractivity contribution in [1.29, 1.82) is 0 Å². The summed E-state index contributed by atoms with van der Waals surface area (Å²) in [4.78, 5) is 50.5. The van der Waals surface area contributed by atoms with Crippen molar-refractivity contribution in [3.63, 3.8) is 0 Å². The van der Waals surface area contributed by atoms with Gasteiger partial charge in [-0.15, -0.1) is 0 Å². The standard InChI is InChI=1S/C30H28F2N6O5/c31-19-6-17(7-20(32)9-19)24-13-35-30(15-42-4-5-43-16-30)28(41)38(24)14-25(39)36-21-8-18-10-29(11-23(18)34-12-21)22-2-1-3-33-26(22)37-27(29)40/h1-3,6-9,12,24,35H,4-5,10-11,13-16H2,(H,36,39)(H,33,37,40)/t24-,29-/m0/s1. The number of ether oxygens (including phenoxy) is 2. The Hall–Kier alpha value is -4.33. The van der Waals surface area contributed by atoms with Gasteiger partial charge in [-0.2, -0.15) is 0 Å². The second-order valence-corrected chi connectivity index (χ2v) is 11.4. The molecule has 2 saturated heterocycles. The second-order valence-electron chi connectivity index (χ2n) is 11.4. The molecule has 7 rings (SSSR count). The Morgan fingerprint density at radius 3 is 2.60 bits per heavy atom. The van der Waals surface area contributed by atoms with Crippen molar-refractivity contribution in [2.45, 2.75) is 29.8 Å². The van der Waals surface area contributed by atoms with Gasteiger partial charge in [0.05, 0.1) is 49.8 Å². The molecule has 3 aromatic rings. The molecule has 3 amide bonds. The molecule has 2 aromatic heterocycles. The van der Waals surface area contributed by atoms with E-state index in [-0.39, 0.29) is 31.2 Å². The summed E-state index contributed by atoms with van der Waals surface area (Å²) in [6, 6.07) is 7.69. The SMILES string of the molecule is O=C(CN1C(=O)C2(COCCOC2)NC[C@H]1c1cc(F)cc(F)c1)Nc1cnc2c(c1)C[C@@]1(C2)C(=O)Nc2ncccc21. The highest BCUT2D eigenvalue weighted by Crippen LogP contribution is 2.46. The topological polar surface area (TPSA) is 135 Å². The van der Waals surface area contributed by atoms with E-state index in [9.17, 15) is 23.2 Å². The van der Waals surface area contributed by atoms with Gasteiger partial charge in [-0.25, -0.2) is 13.8 Å². The number of rotatable bonds is 4. The van der Waals surface area contributed by atoms with E-state index in [0.29, 0.717) is 37.6 Å². The molecule has 0 bridgehead atoms. The number of nitrogens with one attached hydrogen (secondary N) is 3. The minimum absolute atomic E-state index is 0.0247. The molecule has 43 heavy (non-hydrogen) atoms. The Balaban J connectivity index is 1.13. The van der Waals surface area contributed by atoms with E-state index in [1.807, 2.05) is 6.07 Å². The normalized spacial score (nSPS) is 24.0. The van der Waals surface area contributed by atoms with Crippen molar-refractivity contribution in [3.8, 4) is 0 Å². The van der Waals surface area contributed by atoms with Gasteiger partial charge in [-0.3, -0.25) is 24.7 Å². The smallest absolute Gasteiger partial charge is 0.248 e. The van der Waals surface area contributed by atoms with Gasteiger partial charge in [0.15, 0.2) is 0 Å². The van der Waals surface area contributed by atoms with Gasteiger partial charge in [0, 0.05) is 36.5 Å². The first-order valence-electron chi connectivity index (χ1n) is 14.0. The second kappa shape index (κ2) is 10.4. The van der Waals surface area contributed by atoms with Crippen molar-refractivity contribution < 1.29 is 32.6 Å². The monoisotopic (exact) mass is 590 g/mol. The number of amides is 3. The summed E-state index contributed by atoms with van der Waals surface area (Å²) >= 11 is 0. The number of halogens is 2. The van der Waals surface area contributed by atoms with E-state index in [1.54, 1.807) is 18.3 Å². The van der Waals surface area contributed by atoms with Gasteiger partial charge in [0.2, 0.25) is 17.7 Å². The minimum Gasteiger partial charge on any atom is -0.376 e. The fourth-order valence-electron chi connectivity index (χ4n) is 6.56. The molecule has 0 saturated carbocycles. The lowest BCUT2D eigenvalue weighted by molar-refractivity contribution is -0.151. The van der Waals surface area contributed by atoms with Crippen LogP contribution in [0.15, 0.2) is 48.8 Å². The maximum atomic E-state index is 14.2. The highest BCUT2D eigenvalue weighted by atomic mass is 19.1. The molecule has 0 radical (unpaired) electrons. The maximum absolute atomic E-state index is 14.2.